The molecule has 190 valence electrons. The molecular formula is C27H26N4O6. The van der Waals surface area contributed by atoms with Crippen molar-refractivity contribution < 1.29 is 24.4 Å². The van der Waals surface area contributed by atoms with E-state index in [0.29, 0.717) is 29.7 Å². The van der Waals surface area contributed by atoms with E-state index < -0.39 is 22.9 Å². The summed E-state index contributed by atoms with van der Waals surface area (Å²) in [4.78, 5) is 38.0. The molecule has 1 saturated heterocycles. The van der Waals surface area contributed by atoms with Gasteiger partial charge in [-0.1, -0.05) is 30.3 Å². The summed E-state index contributed by atoms with van der Waals surface area (Å²) in [5.74, 6) is -1.59. The van der Waals surface area contributed by atoms with Crippen LogP contribution in [-0.2, 0) is 34.4 Å². The Hall–Kier alpha value is -4.31. The van der Waals surface area contributed by atoms with Crippen LogP contribution in [-0.4, -0.2) is 48.7 Å². The molecule has 2 aliphatic heterocycles. The largest absolute Gasteiger partial charge is 0.456 e. The number of amides is 1. The van der Waals surface area contributed by atoms with Crippen LogP contribution in [0.5, 0.6) is 0 Å². The number of aliphatic hydroxyl groups excluding tert-OH is 1. The first-order valence-electron chi connectivity index (χ1n) is 12.0. The molecule has 5 rings (SSSR count). The van der Waals surface area contributed by atoms with E-state index in [-0.39, 0.29) is 29.9 Å². The quantitative estimate of drug-likeness (QED) is 0.217. The van der Waals surface area contributed by atoms with Gasteiger partial charge < -0.3 is 14.7 Å². The molecule has 0 unspecified atom stereocenters. The van der Waals surface area contributed by atoms with Crippen LogP contribution in [0.2, 0.25) is 0 Å². The first-order chi connectivity index (χ1) is 17.7. The number of benzene rings is 2. The molecule has 0 radical (unpaired) electrons. The Kier molecular flexibility index (Phi) is 6.34. The highest BCUT2D eigenvalue weighted by Gasteiger charge is 2.57. The van der Waals surface area contributed by atoms with E-state index in [1.54, 1.807) is 11.6 Å². The van der Waals surface area contributed by atoms with Crippen LogP contribution in [0.25, 0.3) is 5.57 Å². The number of esters is 1. The van der Waals surface area contributed by atoms with Crippen LogP contribution in [0.3, 0.4) is 0 Å². The molecule has 1 N–H and O–H groups in total. The van der Waals surface area contributed by atoms with Crippen LogP contribution >= 0.6 is 0 Å². The van der Waals surface area contributed by atoms with Crippen molar-refractivity contribution in [1.29, 1.82) is 0 Å². The number of nitro groups is 1. The Labute approximate surface area is 212 Å². The Bertz CT molecular complexity index is 1390. The van der Waals surface area contributed by atoms with Gasteiger partial charge in [-0.05, 0) is 42.7 Å². The van der Waals surface area contributed by atoms with Gasteiger partial charge in [0.05, 0.1) is 28.7 Å². The first kappa shape index (κ1) is 24.4. The van der Waals surface area contributed by atoms with Gasteiger partial charge in [-0.2, -0.15) is 5.10 Å². The minimum Gasteiger partial charge on any atom is -0.456 e. The van der Waals surface area contributed by atoms with Gasteiger partial charge in [-0.3, -0.25) is 19.6 Å². The van der Waals surface area contributed by atoms with Crippen molar-refractivity contribution >= 4 is 23.1 Å². The fraction of sp³-hybridized carbons (Fsp3) is 0.296. The van der Waals surface area contributed by atoms with Gasteiger partial charge in [-0.25, -0.2) is 4.79 Å². The molecule has 1 amide bonds. The molecule has 0 saturated carbocycles. The average Bonchev–Trinajstić information content (AvgIpc) is 3.40. The predicted molar refractivity (Wildman–Crippen MR) is 133 cm³/mol. The van der Waals surface area contributed by atoms with E-state index in [1.165, 1.54) is 29.2 Å². The fourth-order valence-corrected chi connectivity index (χ4v) is 5.04. The molecule has 2 aromatic carbocycles. The zero-order valence-corrected chi connectivity index (χ0v) is 20.4. The van der Waals surface area contributed by atoms with Gasteiger partial charge in [-0.15, -0.1) is 0 Å². The molecule has 0 bridgehead atoms. The number of nitrogens with zero attached hydrogens (tertiary/aromatic N) is 4. The maximum atomic E-state index is 13.3. The number of fused-ring (bicyclic) bond motifs is 1. The minimum atomic E-state index is -0.845. The maximum Gasteiger partial charge on any atom is 0.355 e. The SMILES string of the molecule is C[C@@H](O)[C@H]1C(=O)N2C(C(=O)OCc3ccc([N+](=O)[O-])cc3)=C(c3cc(Cc4ccccc4)n(C)n3)C[C@H]12. The molecule has 2 aliphatic rings. The lowest BCUT2D eigenvalue weighted by Crippen LogP contribution is -2.61. The van der Waals surface area contributed by atoms with Gasteiger partial charge in [0.1, 0.15) is 12.3 Å². The second-order valence-electron chi connectivity index (χ2n) is 9.38. The number of aryl methyl sites for hydroxylation is 1. The van der Waals surface area contributed by atoms with Crippen molar-refractivity contribution in [3.8, 4) is 0 Å². The van der Waals surface area contributed by atoms with E-state index in [4.69, 9.17) is 4.74 Å². The van der Waals surface area contributed by atoms with Gasteiger partial charge in [0.15, 0.2) is 0 Å². The zero-order valence-electron chi connectivity index (χ0n) is 20.4. The molecule has 0 aliphatic carbocycles. The number of ether oxygens (including phenoxy) is 1. The molecular weight excluding hydrogens is 476 g/mol. The number of non-ortho nitro benzene ring substituents is 1. The molecule has 1 aromatic heterocycles. The van der Waals surface area contributed by atoms with Crippen LogP contribution in [0.15, 0.2) is 66.4 Å². The van der Waals surface area contributed by atoms with Gasteiger partial charge in [0, 0.05) is 36.9 Å². The van der Waals surface area contributed by atoms with Crippen LogP contribution in [0, 0.1) is 16.0 Å². The Balaban J connectivity index is 1.43. The Morgan fingerprint density at radius 1 is 1.19 bits per heavy atom. The van der Waals surface area contributed by atoms with Crippen molar-refractivity contribution in [1.82, 2.24) is 14.7 Å². The van der Waals surface area contributed by atoms with Crippen LogP contribution in [0.4, 0.5) is 5.69 Å². The summed E-state index contributed by atoms with van der Waals surface area (Å²) in [7, 11) is 1.84. The third-order valence-electron chi connectivity index (χ3n) is 6.95. The lowest BCUT2D eigenvalue weighted by molar-refractivity contribution is -0.384. The van der Waals surface area contributed by atoms with Crippen LogP contribution in [0.1, 0.15) is 35.9 Å². The first-order valence-corrected chi connectivity index (χ1v) is 12.0. The number of β-lactam (4-membered cyclic amide) rings is 1. The summed E-state index contributed by atoms with van der Waals surface area (Å²) in [6.07, 6.45) is 0.188. The zero-order chi connectivity index (χ0) is 26.3. The van der Waals surface area contributed by atoms with E-state index >= 15 is 0 Å². The number of rotatable bonds is 8. The Morgan fingerprint density at radius 2 is 1.89 bits per heavy atom. The van der Waals surface area contributed by atoms with E-state index in [2.05, 4.69) is 5.10 Å². The molecule has 3 heterocycles. The molecule has 1 fully saturated rings. The highest BCUT2D eigenvalue weighted by molar-refractivity contribution is 6.06. The van der Waals surface area contributed by atoms with Crippen molar-refractivity contribution in [2.45, 2.75) is 38.5 Å². The van der Waals surface area contributed by atoms with Crippen molar-refractivity contribution in [2.24, 2.45) is 13.0 Å². The molecule has 37 heavy (non-hydrogen) atoms. The third kappa shape index (κ3) is 4.51. The van der Waals surface area contributed by atoms with E-state index in [9.17, 15) is 24.8 Å². The normalized spacial score (nSPS) is 19.4. The fourth-order valence-electron chi connectivity index (χ4n) is 5.04. The molecule has 3 aromatic rings. The van der Waals surface area contributed by atoms with Crippen molar-refractivity contribution in [2.75, 3.05) is 0 Å². The third-order valence-corrected chi connectivity index (χ3v) is 6.95. The summed E-state index contributed by atoms with van der Waals surface area (Å²) in [5.41, 5.74) is 3.91. The van der Waals surface area contributed by atoms with Crippen molar-refractivity contribution in [3.63, 3.8) is 0 Å². The monoisotopic (exact) mass is 502 g/mol. The molecule has 10 nitrogen and oxygen atoms in total. The van der Waals surface area contributed by atoms with Crippen molar-refractivity contribution in [3.05, 3.63) is 99.0 Å². The van der Waals surface area contributed by atoms with Gasteiger partial charge >= 0.3 is 5.97 Å². The lowest BCUT2D eigenvalue weighted by atomic mass is 9.83. The van der Waals surface area contributed by atoms with E-state index in [0.717, 1.165) is 11.3 Å². The minimum absolute atomic E-state index is 0.0597. The molecule has 0 spiro atoms. The Morgan fingerprint density at radius 3 is 2.54 bits per heavy atom. The second kappa shape index (κ2) is 9.62. The number of aromatic nitrogens is 2. The topological polar surface area (TPSA) is 128 Å². The van der Waals surface area contributed by atoms with E-state index in [1.807, 2.05) is 43.4 Å². The average molecular weight is 503 g/mol. The summed E-state index contributed by atoms with van der Waals surface area (Å²) in [6.45, 7) is 1.46. The number of aliphatic hydroxyl groups is 1. The lowest BCUT2D eigenvalue weighted by Gasteiger charge is -2.44. The molecule has 3 atom stereocenters. The number of carbonyl (C=O) groups is 2. The summed E-state index contributed by atoms with van der Waals surface area (Å²) in [5, 5.41) is 25.7. The maximum absolute atomic E-state index is 13.3. The highest BCUT2D eigenvalue weighted by Crippen LogP contribution is 2.47. The number of hydrogen-bond acceptors (Lipinski definition) is 7. The standard InChI is InChI=1S/C27H26N4O6/c1-16(32)24-23-14-21(22-13-20(29(2)28-22)12-17-6-4-3-5-7-17)25(30(23)26(24)33)27(34)37-15-18-8-10-19(11-9-18)31(35)36/h3-11,13,16,23-24,32H,12,14-15H2,1-2H3/t16-,23-,24-/m1/s1. The summed E-state index contributed by atoms with van der Waals surface area (Å²) >= 11 is 0. The number of hydrogen-bond donors (Lipinski definition) is 1. The van der Waals surface area contributed by atoms with Crippen LogP contribution < -0.4 is 0 Å². The molecule has 10 heteroatoms. The number of nitro benzene ring substituents is 1. The smallest absolute Gasteiger partial charge is 0.355 e. The number of carbonyl (C=O) groups excluding carboxylic acids is 2. The summed E-state index contributed by atoms with van der Waals surface area (Å²) < 4.78 is 7.30. The second-order valence-corrected chi connectivity index (χ2v) is 9.38. The predicted octanol–water partition coefficient (Wildman–Crippen LogP) is 2.99. The summed E-state index contributed by atoms with van der Waals surface area (Å²) in [6, 6.07) is 17.2. The van der Waals surface area contributed by atoms with Gasteiger partial charge in [0.25, 0.3) is 5.69 Å². The highest BCUT2D eigenvalue weighted by atomic mass is 16.6. The van der Waals surface area contributed by atoms with Gasteiger partial charge in [0.2, 0.25) is 5.91 Å².